The number of carbonyl (C=O) groups excluding carboxylic acids is 1. The van der Waals surface area contributed by atoms with E-state index in [4.69, 9.17) is 5.73 Å². The molecular formula is C13H16N4O2. The van der Waals surface area contributed by atoms with Gasteiger partial charge in [0.2, 0.25) is 0 Å². The summed E-state index contributed by atoms with van der Waals surface area (Å²) < 4.78 is 6.16. The van der Waals surface area contributed by atoms with Gasteiger partial charge in [-0.2, -0.15) is 0 Å². The van der Waals surface area contributed by atoms with E-state index in [9.17, 15) is 4.79 Å². The van der Waals surface area contributed by atoms with Gasteiger partial charge in [0.05, 0.1) is 13.2 Å². The van der Waals surface area contributed by atoms with Crippen molar-refractivity contribution in [3.63, 3.8) is 0 Å². The van der Waals surface area contributed by atoms with Crippen LogP contribution >= 0.6 is 0 Å². The fourth-order valence-electron chi connectivity index (χ4n) is 1.80. The van der Waals surface area contributed by atoms with E-state index < -0.39 is 5.97 Å². The van der Waals surface area contributed by atoms with Gasteiger partial charge in [-0.15, -0.1) is 5.10 Å². The van der Waals surface area contributed by atoms with E-state index in [0.717, 1.165) is 5.56 Å². The summed E-state index contributed by atoms with van der Waals surface area (Å²) in [6, 6.07) is 7.86. The van der Waals surface area contributed by atoms with Crippen LogP contribution < -0.4 is 5.73 Å². The van der Waals surface area contributed by atoms with Crippen LogP contribution in [0.2, 0.25) is 0 Å². The number of nitrogens with two attached hydrogens (primary N) is 1. The normalized spacial score (nSPS) is 12.2. The van der Waals surface area contributed by atoms with Crippen molar-refractivity contribution in [2.45, 2.75) is 13.0 Å². The third-order valence-corrected chi connectivity index (χ3v) is 2.88. The maximum atomic E-state index is 11.3. The number of carbonyl (C=O) groups is 1. The zero-order valence-electron chi connectivity index (χ0n) is 10.9. The summed E-state index contributed by atoms with van der Waals surface area (Å²) in [5.74, 6) is -0.522. The lowest BCUT2D eigenvalue weighted by Crippen LogP contribution is -2.21. The lowest BCUT2D eigenvalue weighted by molar-refractivity contribution is 0.0586. The first kappa shape index (κ1) is 13.2. The molecule has 6 nitrogen and oxygen atoms in total. The van der Waals surface area contributed by atoms with Crippen LogP contribution in [0.25, 0.3) is 0 Å². The van der Waals surface area contributed by atoms with Gasteiger partial charge in [-0.25, -0.2) is 14.5 Å². The Morgan fingerprint density at radius 3 is 2.68 bits per heavy atom. The second-order valence-electron chi connectivity index (χ2n) is 4.20. The topological polar surface area (TPSA) is 83.0 Å². The predicted molar refractivity (Wildman–Crippen MR) is 69.7 cm³/mol. The number of nitrogens with zero attached hydrogens (tertiary/aromatic N) is 3. The maximum absolute atomic E-state index is 11.3. The summed E-state index contributed by atoms with van der Waals surface area (Å²) in [5.41, 5.74) is 7.98. The molecule has 0 radical (unpaired) electrons. The molecule has 0 aliphatic rings. The zero-order chi connectivity index (χ0) is 13.8. The minimum absolute atomic E-state index is 0.0352. The first-order valence-electron chi connectivity index (χ1n) is 5.91. The summed E-state index contributed by atoms with van der Waals surface area (Å²) in [7, 11) is 1.30. The first-order valence-corrected chi connectivity index (χ1v) is 5.91. The molecule has 0 aliphatic heterocycles. The minimum atomic E-state index is -0.557. The molecule has 100 valence electrons. The van der Waals surface area contributed by atoms with E-state index in [0.29, 0.717) is 6.54 Å². The van der Waals surface area contributed by atoms with Gasteiger partial charge in [0.15, 0.2) is 0 Å². The second-order valence-corrected chi connectivity index (χ2v) is 4.20. The van der Waals surface area contributed by atoms with Crippen molar-refractivity contribution in [2.75, 3.05) is 13.7 Å². The molecule has 0 saturated heterocycles. The highest BCUT2D eigenvalue weighted by Gasteiger charge is 2.17. The van der Waals surface area contributed by atoms with E-state index in [1.807, 2.05) is 31.2 Å². The fraction of sp³-hybridized carbons (Fsp3) is 0.308. The average molecular weight is 260 g/mol. The Balaban J connectivity index is 2.29. The number of rotatable bonds is 4. The number of esters is 1. The first-order chi connectivity index (χ1) is 9.15. The average Bonchev–Trinajstić information content (AvgIpc) is 2.90. The lowest BCUT2D eigenvalue weighted by Gasteiger charge is -2.15. The van der Waals surface area contributed by atoms with Gasteiger partial charge in [0.1, 0.15) is 6.33 Å². The van der Waals surface area contributed by atoms with Crippen molar-refractivity contribution >= 4 is 5.97 Å². The van der Waals surface area contributed by atoms with Crippen LogP contribution in [0.5, 0.6) is 0 Å². The molecule has 1 aromatic carbocycles. The molecule has 6 heteroatoms. The number of aromatic nitrogens is 3. The maximum Gasteiger partial charge on any atom is 0.377 e. The number of ether oxygens (including phenoxy) is 1. The van der Waals surface area contributed by atoms with Gasteiger partial charge < -0.3 is 10.5 Å². The van der Waals surface area contributed by atoms with E-state index in [-0.39, 0.29) is 11.9 Å². The smallest absolute Gasteiger partial charge is 0.377 e. The van der Waals surface area contributed by atoms with Crippen LogP contribution in [0.1, 0.15) is 27.8 Å². The second kappa shape index (κ2) is 5.62. The molecule has 0 bridgehead atoms. The molecule has 1 heterocycles. The highest BCUT2D eigenvalue weighted by Crippen LogP contribution is 2.16. The van der Waals surface area contributed by atoms with E-state index in [1.54, 1.807) is 4.68 Å². The number of aryl methyl sites for hydroxylation is 1. The molecule has 1 atom stereocenters. The van der Waals surface area contributed by atoms with E-state index >= 15 is 0 Å². The Labute approximate surface area is 111 Å². The molecular weight excluding hydrogens is 244 g/mol. The molecule has 2 rings (SSSR count). The van der Waals surface area contributed by atoms with E-state index in [2.05, 4.69) is 14.8 Å². The Hall–Kier alpha value is -2.21. The Morgan fingerprint density at radius 2 is 2.11 bits per heavy atom. The molecule has 0 amide bonds. The molecule has 1 unspecified atom stereocenters. The van der Waals surface area contributed by atoms with Crippen molar-refractivity contribution in [1.29, 1.82) is 0 Å². The minimum Gasteiger partial charge on any atom is -0.463 e. The summed E-state index contributed by atoms with van der Waals surface area (Å²) in [5, 5.41) is 4.10. The Kier molecular flexibility index (Phi) is 3.91. The molecule has 19 heavy (non-hydrogen) atoms. The number of hydrogen-bond donors (Lipinski definition) is 1. The number of methoxy groups -OCH3 is 1. The van der Waals surface area contributed by atoms with Gasteiger partial charge in [-0.05, 0) is 12.5 Å². The highest BCUT2D eigenvalue weighted by atomic mass is 16.5. The quantitative estimate of drug-likeness (QED) is 0.826. The monoisotopic (exact) mass is 260 g/mol. The summed E-state index contributed by atoms with van der Waals surface area (Å²) in [4.78, 5) is 15.2. The standard InChI is InChI=1S/C13H16N4O2/c1-9-3-5-10(6-4-9)11(7-14)17-8-15-12(16-17)13(18)19-2/h3-6,8,11H,7,14H2,1-2H3. The lowest BCUT2D eigenvalue weighted by atomic mass is 10.1. The van der Waals surface area contributed by atoms with Gasteiger partial charge in [-0.1, -0.05) is 29.8 Å². The molecule has 0 aliphatic carbocycles. The SMILES string of the molecule is COC(=O)c1ncn(C(CN)c2ccc(C)cc2)n1. The van der Waals surface area contributed by atoms with Crippen molar-refractivity contribution < 1.29 is 9.53 Å². The molecule has 2 aromatic rings. The van der Waals surface area contributed by atoms with Gasteiger partial charge >= 0.3 is 5.97 Å². The van der Waals surface area contributed by atoms with Gasteiger partial charge in [0.25, 0.3) is 5.82 Å². The number of hydrogen-bond acceptors (Lipinski definition) is 5. The summed E-state index contributed by atoms with van der Waals surface area (Å²) >= 11 is 0. The van der Waals surface area contributed by atoms with Gasteiger partial charge in [0, 0.05) is 6.54 Å². The van der Waals surface area contributed by atoms with Crippen LogP contribution in [0, 0.1) is 6.92 Å². The van der Waals surface area contributed by atoms with Crippen LogP contribution in [0.15, 0.2) is 30.6 Å². The van der Waals surface area contributed by atoms with Crippen LogP contribution in [-0.2, 0) is 4.74 Å². The third kappa shape index (κ3) is 2.79. The molecule has 0 spiro atoms. The molecule has 1 aromatic heterocycles. The van der Waals surface area contributed by atoms with Crippen LogP contribution in [0.3, 0.4) is 0 Å². The molecule has 2 N–H and O–H groups in total. The van der Waals surface area contributed by atoms with Crippen molar-refractivity contribution in [3.8, 4) is 0 Å². The number of benzene rings is 1. The largest absolute Gasteiger partial charge is 0.463 e. The Morgan fingerprint density at radius 1 is 1.42 bits per heavy atom. The van der Waals surface area contributed by atoms with Crippen LogP contribution in [-0.4, -0.2) is 34.4 Å². The van der Waals surface area contributed by atoms with Crippen molar-refractivity contribution in [2.24, 2.45) is 5.73 Å². The van der Waals surface area contributed by atoms with Crippen LogP contribution in [0.4, 0.5) is 0 Å². The fourth-order valence-corrected chi connectivity index (χ4v) is 1.80. The highest BCUT2D eigenvalue weighted by molar-refractivity contribution is 5.84. The van der Waals surface area contributed by atoms with Gasteiger partial charge in [-0.3, -0.25) is 0 Å². The van der Waals surface area contributed by atoms with Crippen molar-refractivity contribution in [3.05, 3.63) is 47.5 Å². The summed E-state index contributed by atoms with van der Waals surface area (Å²) in [6.45, 7) is 2.39. The third-order valence-electron chi connectivity index (χ3n) is 2.88. The predicted octanol–water partition coefficient (Wildman–Crippen LogP) is 0.921. The molecule has 0 fully saturated rings. The van der Waals surface area contributed by atoms with Crippen molar-refractivity contribution in [1.82, 2.24) is 14.8 Å². The molecule has 0 saturated carbocycles. The summed E-state index contributed by atoms with van der Waals surface area (Å²) in [6.07, 6.45) is 1.49. The Bertz CT molecular complexity index is 562. The zero-order valence-corrected chi connectivity index (χ0v) is 10.9. The van der Waals surface area contributed by atoms with E-state index in [1.165, 1.54) is 19.0 Å².